The fraction of sp³-hybridized carbons (Fsp3) is 1.00. The van der Waals surface area contributed by atoms with Crippen LogP contribution in [-0.2, 0) is 4.74 Å². The van der Waals surface area contributed by atoms with Crippen LogP contribution >= 0.6 is 0 Å². The number of fused-ring (bicyclic) bond motifs is 2. The Bertz CT molecular complexity index is 249. The van der Waals surface area contributed by atoms with E-state index in [1.807, 2.05) is 0 Å². The minimum Gasteiger partial charge on any atom is -0.383 e. The van der Waals surface area contributed by atoms with Gasteiger partial charge in [0.05, 0.1) is 6.61 Å². The van der Waals surface area contributed by atoms with Crippen molar-refractivity contribution in [3.05, 3.63) is 0 Å². The van der Waals surface area contributed by atoms with Gasteiger partial charge in [0.25, 0.3) is 0 Å². The van der Waals surface area contributed by atoms with Crippen molar-refractivity contribution in [3.8, 4) is 0 Å². The van der Waals surface area contributed by atoms with Gasteiger partial charge in [-0.2, -0.15) is 0 Å². The summed E-state index contributed by atoms with van der Waals surface area (Å²) in [5, 5.41) is 0. The maximum atomic E-state index is 6.17. The molecule has 0 aromatic rings. The number of hydrogen-bond acceptors (Lipinski definition) is 4. The van der Waals surface area contributed by atoms with Crippen molar-refractivity contribution >= 4 is 0 Å². The maximum Gasteiger partial charge on any atom is 0.0589 e. The molecule has 2 aliphatic rings. The van der Waals surface area contributed by atoms with Gasteiger partial charge in [-0.05, 0) is 38.4 Å². The van der Waals surface area contributed by atoms with Crippen LogP contribution in [0.15, 0.2) is 0 Å². The fourth-order valence-corrected chi connectivity index (χ4v) is 3.74. The first kappa shape index (κ1) is 13.3. The van der Waals surface area contributed by atoms with Crippen molar-refractivity contribution in [2.24, 2.45) is 11.7 Å². The third-order valence-electron chi connectivity index (χ3n) is 4.82. The van der Waals surface area contributed by atoms with E-state index in [9.17, 15) is 0 Å². The highest BCUT2D eigenvalue weighted by Gasteiger charge is 2.48. The molecule has 4 nitrogen and oxygen atoms in total. The maximum absolute atomic E-state index is 6.17. The van der Waals surface area contributed by atoms with Gasteiger partial charge in [-0.3, -0.25) is 4.90 Å². The monoisotopic (exact) mass is 241 g/mol. The lowest BCUT2D eigenvalue weighted by atomic mass is 9.77. The average Bonchev–Trinajstić information content (AvgIpc) is 2.77. The van der Waals surface area contributed by atoms with Gasteiger partial charge in [-0.25, -0.2) is 0 Å². The lowest BCUT2D eigenvalue weighted by Gasteiger charge is -2.50. The SMILES string of the molecule is CCN(CCOC)C1(CN)CCN2CCC1C2. The van der Waals surface area contributed by atoms with E-state index in [-0.39, 0.29) is 5.54 Å². The molecular weight excluding hydrogens is 214 g/mol. The second-order valence-corrected chi connectivity index (χ2v) is 5.42. The van der Waals surface area contributed by atoms with Gasteiger partial charge in [0.15, 0.2) is 0 Å². The van der Waals surface area contributed by atoms with Crippen molar-refractivity contribution < 1.29 is 4.74 Å². The van der Waals surface area contributed by atoms with Gasteiger partial charge in [0.1, 0.15) is 0 Å². The van der Waals surface area contributed by atoms with Gasteiger partial charge in [-0.15, -0.1) is 0 Å². The first-order valence-corrected chi connectivity index (χ1v) is 6.93. The summed E-state index contributed by atoms with van der Waals surface area (Å²) in [4.78, 5) is 5.16. The number of piperidine rings is 1. The molecule has 0 amide bonds. The molecule has 0 saturated carbocycles. The minimum absolute atomic E-state index is 0.236. The molecule has 0 aromatic carbocycles. The van der Waals surface area contributed by atoms with Crippen LogP contribution < -0.4 is 5.73 Å². The van der Waals surface area contributed by atoms with Gasteiger partial charge in [0, 0.05) is 32.3 Å². The summed E-state index contributed by atoms with van der Waals surface area (Å²) in [6.07, 6.45) is 2.55. The first-order valence-electron chi connectivity index (χ1n) is 6.93. The Morgan fingerprint density at radius 3 is 2.94 bits per heavy atom. The summed E-state index contributed by atoms with van der Waals surface area (Å²) in [5.41, 5.74) is 6.41. The van der Waals surface area contributed by atoms with E-state index in [2.05, 4.69) is 16.7 Å². The van der Waals surface area contributed by atoms with Gasteiger partial charge < -0.3 is 15.4 Å². The second-order valence-electron chi connectivity index (χ2n) is 5.42. The third-order valence-corrected chi connectivity index (χ3v) is 4.82. The van der Waals surface area contributed by atoms with Crippen molar-refractivity contribution in [1.82, 2.24) is 9.80 Å². The largest absolute Gasteiger partial charge is 0.383 e. The molecule has 2 fully saturated rings. The summed E-state index contributed by atoms with van der Waals surface area (Å²) < 4.78 is 5.24. The predicted molar refractivity (Wildman–Crippen MR) is 70.1 cm³/mol. The lowest BCUT2D eigenvalue weighted by Crippen LogP contribution is -2.62. The highest BCUT2D eigenvalue weighted by atomic mass is 16.5. The Labute approximate surface area is 105 Å². The molecule has 2 heterocycles. The molecule has 2 bridgehead atoms. The molecule has 0 spiro atoms. The van der Waals surface area contributed by atoms with E-state index in [4.69, 9.17) is 10.5 Å². The van der Waals surface area contributed by atoms with E-state index in [1.54, 1.807) is 7.11 Å². The predicted octanol–water partition coefficient (Wildman–Crippen LogP) is 0.378. The van der Waals surface area contributed by atoms with E-state index in [1.165, 1.54) is 32.5 Å². The van der Waals surface area contributed by atoms with Crippen molar-refractivity contribution in [2.75, 3.05) is 53.0 Å². The lowest BCUT2D eigenvalue weighted by molar-refractivity contribution is -0.00301. The summed E-state index contributed by atoms with van der Waals surface area (Å²) in [7, 11) is 1.78. The molecule has 2 N–H and O–H groups in total. The highest BCUT2D eigenvalue weighted by Crippen LogP contribution is 2.39. The van der Waals surface area contributed by atoms with Crippen molar-refractivity contribution in [3.63, 3.8) is 0 Å². The number of nitrogens with zero attached hydrogens (tertiary/aromatic N) is 2. The van der Waals surface area contributed by atoms with Crippen LogP contribution in [-0.4, -0.2) is 68.3 Å². The standard InChI is InChI=1S/C13H27N3O/c1-3-16(8-9-17-2)13(11-14)5-7-15-6-4-12(13)10-15/h12H,3-11,14H2,1-2H3. The smallest absolute Gasteiger partial charge is 0.0589 e. The van der Waals surface area contributed by atoms with Crippen LogP contribution in [0.5, 0.6) is 0 Å². The van der Waals surface area contributed by atoms with Crippen LogP contribution in [0.25, 0.3) is 0 Å². The third kappa shape index (κ3) is 2.36. The molecule has 3 unspecified atom stereocenters. The Morgan fingerprint density at radius 2 is 2.29 bits per heavy atom. The number of hydrogen-bond donors (Lipinski definition) is 1. The van der Waals surface area contributed by atoms with Crippen molar-refractivity contribution in [2.45, 2.75) is 25.3 Å². The molecule has 0 aromatic heterocycles. The zero-order valence-electron chi connectivity index (χ0n) is 11.3. The molecule has 4 heteroatoms. The second kappa shape index (κ2) is 5.65. The summed E-state index contributed by atoms with van der Waals surface area (Å²) in [6, 6.07) is 0. The van der Waals surface area contributed by atoms with Crippen LogP contribution in [0.3, 0.4) is 0 Å². The minimum atomic E-state index is 0.236. The number of rotatable bonds is 6. The van der Waals surface area contributed by atoms with Gasteiger partial charge in [-0.1, -0.05) is 6.92 Å². The van der Waals surface area contributed by atoms with Crippen molar-refractivity contribution in [1.29, 1.82) is 0 Å². The fourth-order valence-electron chi connectivity index (χ4n) is 3.74. The Kier molecular flexibility index (Phi) is 4.42. The number of likely N-dealkylation sites (N-methyl/N-ethyl adjacent to an activating group) is 1. The van der Waals surface area contributed by atoms with E-state index >= 15 is 0 Å². The molecule has 2 rings (SSSR count). The molecule has 2 saturated heterocycles. The van der Waals surface area contributed by atoms with Crippen LogP contribution in [0, 0.1) is 5.92 Å². The molecule has 2 aliphatic heterocycles. The van der Waals surface area contributed by atoms with E-state index < -0.39 is 0 Å². The molecule has 0 aliphatic carbocycles. The van der Waals surface area contributed by atoms with Crippen LogP contribution in [0.4, 0.5) is 0 Å². The van der Waals surface area contributed by atoms with Crippen LogP contribution in [0.2, 0.25) is 0 Å². The van der Waals surface area contributed by atoms with Crippen LogP contribution in [0.1, 0.15) is 19.8 Å². The summed E-state index contributed by atoms with van der Waals surface area (Å²) in [6.45, 7) is 9.69. The zero-order valence-corrected chi connectivity index (χ0v) is 11.3. The van der Waals surface area contributed by atoms with E-state index in [0.717, 1.165) is 32.2 Å². The Balaban J connectivity index is 2.10. The molecule has 3 atom stereocenters. The summed E-state index contributed by atoms with van der Waals surface area (Å²) in [5.74, 6) is 0.762. The molecule has 17 heavy (non-hydrogen) atoms. The summed E-state index contributed by atoms with van der Waals surface area (Å²) >= 11 is 0. The normalized spacial score (nSPS) is 36.7. The highest BCUT2D eigenvalue weighted by molar-refractivity contribution is 5.04. The van der Waals surface area contributed by atoms with Gasteiger partial charge >= 0.3 is 0 Å². The molecule has 100 valence electrons. The number of methoxy groups -OCH3 is 1. The van der Waals surface area contributed by atoms with Gasteiger partial charge in [0.2, 0.25) is 0 Å². The molecule has 0 radical (unpaired) electrons. The zero-order chi connectivity index (χ0) is 12.3. The molecular formula is C13H27N3O. The topological polar surface area (TPSA) is 41.7 Å². The Morgan fingerprint density at radius 1 is 1.47 bits per heavy atom. The van der Waals surface area contributed by atoms with E-state index in [0.29, 0.717) is 0 Å². The Hall–Kier alpha value is -0.160. The first-order chi connectivity index (χ1) is 8.26. The average molecular weight is 241 g/mol. The quantitative estimate of drug-likeness (QED) is 0.730. The number of ether oxygens (including phenoxy) is 1. The number of nitrogens with two attached hydrogens (primary N) is 1.